The van der Waals surface area contributed by atoms with Gasteiger partial charge in [-0.3, -0.25) is 9.69 Å². The molecule has 0 spiro atoms. The third-order valence-electron chi connectivity index (χ3n) is 5.32. The summed E-state index contributed by atoms with van der Waals surface area (Å²) < 4.78 is 25.5. The molecule has 3 fully saturated rings. The largest absolute Gasteiger partial charge is 0.339 e. The van der Waals surface area contributed by atoms with Crippen molar-refractivity contribution >= 4 is 15.9 Å². The monoisotopic (exact) mass is 329 g/mol. The quantitative estimate of drug-likeness (QED) is 0.747. The highest BCUT2D eigenvalue weighted by Gasteiger charge is 2.40. The molecule has 0 aromatic carbocycles. The second-order valence-electron chi connectivity index (χ2n) is 6.74. The highest BCUT2D eigenvalue weighted by Crippen LogP contribution is 2.26. The van der Waals surface area contributed by atoms with Gasteiger partial charge in [0.25, 0.3) is 0 Å². The van der Waals surface area contributed by atoms with E-state index in [1.807, 2.05) is 4.90 Å². The molecule has 7 heteroatoms. The maximum absolute atomic E-state index is 12.6. The summed E-state index contributed by atoms with van der Waals surface area (Å²) in [5.41, 5.74) is 0. The molecule has 3 saturated heterocycles. The van der Waals surface area contributed by atoms with Gasteiger partial charge in [-0.25, -0.2) is 12.7 Å². The van der Waals surface area contributed by atoms with E-state index in [1.165, 1.54) is 30.2 Å². The first kappa shape index (κ1) is 16.2. The summed E-state index contributed by atoms with van der Waals surface area (Å²) in [6.45, 7) is 6.59. The van der Waals surface area contributed by atoms with Crippen LogP contribution in [0.25, 0.3) is 0 Å². The number of nitrogens with zero attached hydrogens (tertiary/aromatic N) is 3. The number of amides is 1. The van der Waals surface area contributed by atoms with Gasteiger partial charge in [-0.15, -0.1) is 0 Å². The van der Waals surface area contributed by atoms with Gasteiger partial charge in [0.05, 0.1) is 11.7 Å². The van der Waals surface area contributed by atoms with E-state index in [-0.39, 0.29) is 17.6 Å². The van der Waals surface area contributed by atoms with Gasteiger partial charge in [-0.05, 0) is 45.7 Å². The van der Waals surface area contributed by atoms with Gasteiger partial charge in [0.2, 0.25) is 15.9 Å². The standard InChI is InChI=1S/C15H27N3O3S/c1-2-22(20,21)18-9-5-6-13(10-18)15(19)17-11-14(12-17)16-7-3-4-8-16/h13-14H,2-12H2,1H3. The summed E-state index contributed by atoms with van der Waals surface area (Å²) in [7, 11) is -3.17. The molecule has 3 aliphatic rings. The van der Waals surface area contributed by atoms with Crippen LogP contribution in [0.5, 0.6) is 0 Å². The van der Waals surface area contributed by atoms with Crippen molar-refractivity contribution in [2.45, 2.75) is 38.6 Å². The SMILES string of the molecule is CCS(=O)(=O)N1CCCC(C(=O)N2CC(N3CCCC3)C2)C1. The van der Waals surface area contributed by atoms with E-state index in [4.69, 9.17) is 0 Å². The lowest BCUT2D eigenvalue weighted by molar-refractivity contribution is -0.144. The summed E-state index contributed by atoms with van der Waals surface area (Å²) in [5, 5.41) is 0. The number of carbonyl (C=O) groups is 1. The molecule has 0 aliphatic carbocycles. The lowest BCUT2D eigenvalue weighted by atomic mass is 9.95. The number of hydrogen-bond donors (Lipinski definition) is 0. The van der Waals surface area contributed by atoms with E-state index < -0.39 is 10.0 Å². The van der Waals surface area contributed by atoms with Crippen molar-refractivity contribution in [2.24, 2.45) is 5.92 Å². The predicted molar refractivity (Wildman–Crippen MR) is 84.9 cm³/mol. The average molecular weight is 329 g/mol. The van der Waals surface area contributed by atoms with Crippen molar-refractivity contribution in [1.82, 2.24) is 14.1 Å². The number of sulfonamides is 1. The molecule has 1 atom stereocenters. The molecule has 0 aromatic heterocycles. The number of rotatable bonds is 4. The van der Waals surface area contributed by atoms with Crippen LogP contribution >= 0.6 is 0 Å². The summed E-state index contributed by atoms with van der Waals surface area (Å²) in [4.78, 5) is 17.0. The van der Waals surface area contributed by atoms with E-state index in [2.05, 4.69) is 4.90 Å². The van der Waals surface area contributed by atoms with Crippen molar-refractivity contribution in [3.63, 3.8) is 0 Å². The first-order chi connectivity index (χ1) is 10.5. The molecule has 0 radical (unpaired) electrons. The Balaban J connectivity index is 1.52. The number of hydrogen-bond acceptors (Lipinski definition) is 4. The first-order valence-electron chi connectivity index (χ1n) is 8.52. The van der Waals surface area contributed by atoms with Gasteiger partial charge in [0.15, 0.2) is 0 Å². The molecule has 0 saturated carbocycles. The second-order valence-corrected chi connectivity index (χ2v) is 9.00. The molecular formula is C15H27N3O3S. The minimum atomic E-state index is -3.17. The highest BCUT2D eigenvalue weighted by molar-refractivity contribution is 7.89. The van der Waals surface area contributed by atoms with Crippen molar-refractivity contribution in [2.75, 3.05) is 45.0 Å². The Morgan fingerprint density at radius 3 is 2.36 bits per heavy atom. The minimum Gasteiger partial charge on any atom is -0.339 e. The Morgan fingerprint density at radius 1 is 1.05 bits per heavy atom. The third-order valence-corrected chi connectivity index (χ3v) is 7.17. The first-order valence-corrected chi connectivity index (χ1v) is 10.1. The molecule has 22 heavy (non-hydrogen) atoms. The topological polar surface area (TPSA) is 60.9 Å². The lowest BCUT2D eigenvalue weighted by Crippen LogP contribution is -2.62. The summed E-state index contributed by atoms with van der Waals surface area (Å²) in [6, 6.07) is 0.533. The molecular weight excluding hydrogens is 302 g/mol. The van der Waals surface area contributed by atoms with Gasteiger partial charge < -0.3 is 4.90 Å². The predicted octanol–water partition coefficient (Wildman–Crippen LogP) is 0.355. The van der Waals surface area contributed by atoms with E-state index >= 15 is 0 Å². The van der Waals surface area contributed by atoms with Gasteiger partial charge in [0, 0.05) is 32.2 Å². The summed E-state index contributed by atoms with van der Waals surface area (Å²) in [6.07, 6.45) is 4.16. The Hall–Kier alpha value is -0.660. The van der Waals surface area contributed by atoms with E-state index in [0.717, 1.165) is 25.9 Å². The molecule has 1 amide bonds. The van der Waals surface area contributed by atoms with Crippen LogP contribution in [0.4, 0.5) is 0 Å². The Labute approximate surface area is 133 Å². The van der Waals surface area contributed by atoms with Gasteiger partial charge >= 0.3 is 0 Å². The van der Waals surface area contributed by atoms with Crippen LogP contribution in [0, 0.1) is 5.92 Å². The zero-order chi connectivity index (χ0) is 15.7. The minimum absolute atomic E-state index is 0.120. The molecule has 3 rings (SSSR count). The molecule has 3 heterocycles. The van der Waals surface area contributed by atoms with Crippen molar-refractivity contribution in [1.29, 1.82) is 0 Å². The Kier molecular flexibility index (Phi) is 4.75. The fraction of sp³-hybridized carbons (Fsp3) is 0.933. The van der Waals surface area contributed by atoms with Gasteiger partial charge in [0.1, 0.15) is 0 Å². The second kappa shape index (κ2) is 6.45. The number of likely N-dealkylation sites (tertiary alicyclic amines) is 2. The van der Waals surface area contributed by atoms with E-state index in [0.29, 0.717) is 19.1 Å². The third kappa shape index (κ3) is 3.16. The Bertz CT molecular complexity index is 510. The van der Waals surface area contributed by atoms with Crippen LogP contribution in [0.15, 0.2) is 0 Å². The van der Waals surface area contributed by atoms with Crippen molar-refractivity contribution in [3.05, 3.63) is 0 Å². The molecule has 0 bridgehead atoms. The molecule has 1 unspecified atom stereocenters. The van der Waals surface area contributed by atoms with E-state index in [1.54, 1.807) is 6.92 Å². The molecule has 6 nitrogen and oxygen atoms in total. The maximum Gasteiger partial charge on any atom is 0.227 e. The van der Waals surface area contributed by atoms with Crippen LogP contribution < -0.4 is 0 Å². The molecule has 0 aromatic rings. The van der Waals surface area contributed by atoms with Gasteiger partial charge in [-0.2, -0.15) is 0 Å². The van der Waals surface area contributed by atoms with E-state index in [9.17, 15) is 13.2 Å². The molecule has 126 valence electrons. The zero-order valence-corrected chi connectivity index (χ0v) is 14.2. The normalized spacial score (nSPS) is 28.8. The van der Waals surface area contributed by atoms with Crippen molar-refractivity contribution < 1.29 is 13.2 Å². The smallest absolute Gasteiger partial charge is 0.227 e. The summed E-state index contributed by atoms with van der Waals surface area (Å²) in [5.74, 6) is 0.135. The van der Waals surface area contributed by atoms with Crippen LogP contribution in [-0.4, -0.2) is 79.5 Å². The fourth-order valence-corrected chi connectivity index (χ4v) is 4.99. The average Bonchev–Trinajstić information content (AvgIpc) is 2.99. The van der Waals surface area contributed by atoms with Gasteiger partial charge in [-0.1, -0.05) is 0 Å². The Morgan fingerprint density at radius 2 is 1.73 bits per heavy atom. The van der Waals surface area contributed by atoms with Crippen LogP contribution in [0.2, 0.25) is 0 Å². The number of carbonyl (C=O) groups excluding carboxylic acids is 1. The molecule has 0 N–H and O–H groups in total. The maximum atomic E-state index is 12.6. The van der Waals surface area contributed by atoms with Crippen LogP contribution in [-0.2, 0) is 14.8 Å². The molecule has 3 aliphatic heterocycles. The summed E-state index contributed by atoms with van der Waals surface area (Å²) >= 11 is 0. The zero-order valence-electron chi connectivity index (χ0n) is 13.4. The van der Waals surface area contributed by atoms with Crippen molar-refractivity contribution in [3.8, 4) is 0 Å². The lowest BCUT2D eigenvalue weighted by Gasteiger charge is -2.46. The van der Waals surface area contributed by atoms with Crippen LogP contribution in [0.3, 0.4) is 0 Å². The number of piperidine rings is 1. The fourth-order valence-electron chi connectivity index (χ4n) is 3.81. The highest BCUT2D eigenvalue weighted by atomic mass is 32.2. The van der Waals surface area contributed by atoms with Crippen LogP contribution in [0.1, 0.15) is 32.6 Å².